The van der Waals surface area contributed by atoms with Crippen LogP contribution >= 0.6 is 0 Å². The van der Waals surface area contributed by atoms with Gasteiger partial charge in [0.05, 0.1) is 18.7 Å². The number of carbonyl (C=O) groups excluding carboxylic acids is 2. The molecule has 2 aliphatic rings. The number of methoxy groups -OCH3 is 1. The van der Waals surface area contributed by atoms with Crippen LogP contribution in [-0.4, -0.2) is 48.6 Å². The number of ketones is 1. The van der Waals surface area contributed by atoms with Crippen LogP contribution in [0.4, 0.5) is 0 Å². The number of rotatable bonds is 6. The van der Waals surface area contributed by atoms with Gasteiger partial charge in [0.2, 0.25) is 0 Å². The summed E-state index contributed by atoms with van der Waals surface area (Å²) in [5, 5.41) is 11.5. The number of benzene rings is 2. The average molecular weight is 480 g/mol. The minimum absolute atomic E-state index is 0.0767. The first kappa shape index (κ1) is 24.6. The Balaban J connectivity index is 1.88. The lowest BCUT2D eigenvalue weighted by Crippen LogP contribution is -2.30. The lowest BCUT2D eigenvalue weighted by atomic mass is 9.84. The Morgan fingerprint density at radius 2 is 1.80 bits per heavy atom. The molecule has 7 heteroatoms. The molecule has 2 aliphatic heterocycles. The molecular formula is C28H33NO6. The third-order valence-electron chi connectivity index (χ3n) is 6.46. The molecule has 7 nitrogen and oxygen atoms in total. The highest BCUT2D eigenvalue weighted by molar-refractivity contribution is 6.46. The molecule has 4 rings (SSSR count). The van der Waals surface area contributed by atoms with Crippen molar-refractivity contribution in [2.45, 2.75) is 52.0 Å². The molecule has 186 valence electrons. The van der Waals surface area contributed by atoms with Gasteiger partial charge < -0.3 is 24.2 Å². The number of unbranched alkanes of at least 4 members (excludes halogenated alkanes) is 1. The molecule has 35 heavy (non-hydrogen) atoms. The summed E-state index contributed by atoms with van der Waals surface area (Å²) in [7, 11) is 1.60. The van der Waals surface area contributed by atoms with Crippen LogP contribution in [0.5, 0.6) is 17.2 Å². The topological polar surface area (TPSA) is 85.3 Å². The first-order valence-corrected chi connectivity index (χ1v) is 12.0. The summed E-state index contributed by atoms with van der Waals surface area (Å²) >= 11 is 0. The normalized spacial score (nSPS) is 19.2. The van der Waals surface area contributed by atoms with Crippen molar-refractivity contribution in [3.8, 4) is 17.2 Å². The molecule has 1 fully saturated rings. The zero-order valence-corrected chi connectivity index (χ0v) is 21.0. The smallest absolute Gasteiger partial charge is 0.295 e. The first-order valence-electron chi connectivity index (χ1n) is 12.0. The van der Waals surface area contributed by atoms with Gasteiger partial charge in [0.1, 0.15) is 24.7 Å². The summed E-state index contributed by atoms with van der Waals surface area (Å²) in [6, 6.07) is 10.0. The number of hydrogen-bond acceptors (Lipinski definition) is 6. The maximum atomic E-state index is 13.3. The molecule has 2 aromatic carbocycles. The van der Waals surface area contributed by atoms with Crippen molar-refractivity contribution in [2.75, 3.05) is 26.9 Å². The van der Waals surface area contributed by atoms with Crippen LogP contribution in [0.15, 0.2) is 42.0 Å². The molecule has 0 radical (unpaired) electrons. The summed E-state index contributed by atoms with van der Waals surface area (Å²) < 4.78 is 16.9. The van der Waals surface area contributed by atoms with Crippen LogP contribution in [-0.2, 0) is 15.0 Å². The van der Waals surface area contributed by atoms with Gasteiger partial charge in [-0.2, -0.15) is 0 Å². The molecular weight excluding hydrogens is 446 g/mol. The third kappa shape index (κ3) is 4.59. The number of nitrogens with zero attached hydrogens (tertiary/aromatic N) is 1. The zero-order valence-electron chi connectivity index (χ0n) is 21.0. The number of fused-ring (bicyclic) bond motifs is 1. The Labute approximate surface area is 206 Å². The Morgan fingerprint density at radius 3 is 2.46 bits per heavy atom. The molecule has 1 atom stereocenters. The fraction of sp³-hybridized carbons (Fsp3) is 0.429. The molecule has 1 saturated heterocycles. The van der Waals surface area contributed by atoms with E-state index >= 15 is 0 Å². The van der Waals surface area contributed by atoms with Crippen molar-refractivity contribution < 1.29 is 28.9 Å². The molecule has 0 saturated carbocycles. The quantitative estimate of drug-likeness (QED) is 0.357. The van der Waals surface area contributed by atoms with Crippen LogP contribution in [0.3, 0.4) is 0 Å². The van der Waals surface area contributed by atoms with Crippen molar-refractivity contribution in [1.29, 1.82) is 0 Å². The summed E-state index contributed by atoms with van der Waals surface area (Å²) in [4.78, 5) is 27.9. The largest absolute Gasteiger partial charge is 0.507 e. The number of Topliss-reactive ketones (excluding diaryl/α,β-unsaturated/α-hetero) is 1. The second-order valence-electron chi connectivity index (χ2n) is 9.91. The number of aliphatic hydroxyl groups excluding tert-OH is 1. The summed E-state index contributed by atoms with van der Waals surface area (Å²) in [6.45, 7) is 9.48. The van der Waals surface area contributed by atoms with Crippen molar-refractivity contribution in [1.82, 2.24) is 4.90 Å². The molecule has 1 unspecified atom stereocenters. The van der Waals surface area contributed by atoms with Gasteiger partial charge in [-0.1, -0.05) is 40.2 Å². The highest BCUT2D eigenvalue weighted by atomic mass is 16.6. The Morgan fingerprint density at radius 1 is 1.09 bits per heavy atom. The van der Waals surface area contributed by atoms with Crippen LogP contribution in [0, 0.1) is 0 Å². The second kappa shape index (κ2) is 9.64. The monoisotopic (exact) mass is 479 g/mol. The molecule has 2 aromatic rings. The van der Waals surface area contributed by atoms with E-state index in [2.05, 4.69) is 0 Å². The first-order chi connectivity index (χ1) is 16.7. The molecule has 0 spiro atoms. The van der Waals surface area contributed by atoms with E-state index in [4.69, 9.17) is 14.2 Å². The lowest BCUT2D eigenvalue weighted by molar-refractivity contribution is -0.139. The highest BCUT2D eigenvalue weighted by Gasteiger charge is 2.46. The molecule has 0 bridgehead atoms. The summed E-state index contributed by atoms with van der Waals surface area (Å²) in [5.74, 6) is 0.386. The number of carbonyl (C=O) groups is 2. The van der Waals surface area contributed by atoms with Gasteiger partial charge in [-0.25, -0.2) is 0 Å². The number of likely N-dealkylation sites (tertiary alicyclic amines) is 1. The zero-order chi connectivity index (χ0) is 25.3. The van der Waals surface area contributed by atoms with Crippen molar-refractivity contribution in [3.63, 3.8) is 0 Å². The summed E-state index contributed by atoms with van der Waals surface area (Å²) in [5.41, 5.74) is 1.86. The Hall–Kier alpha value is -3.48. The van der Waals surface area contributed by atoms with Crippen LogP contribution in [0.25, 0.3) is 5.76 Å². The molecule has 0 aromatic heterocycles. The lowest BCUT2D eigenvalue weighted by Gasteiger charge is -2.27. The van der Waals surface area contributed by atoms with Crippen LogP contribution in [0.2, 0.25) is 0 Å². The molecule has 1 amide bonds. The molecule has 2 heterocycles. The Bertz CT molecular complexity index is 1180. The van der Waals surface area contributed by atoms with Gasteiger partial charge in [0.25, 0.3) is 11.7 Å². The maximum Gasteiger partial charge on any atom is 0.295 e. The minimum Gasteiger partial charge on any atom is -0.507 e. The molecule has 1 N–H and O–H groups in total. The van der Waals surface area contributed by atoms with Gasteiger partial charge in [0.15, 0.2) is 11.5 Å². The number of amides is 1. The number of hydrogen-bond donors (Lipinski definition) is 1. The summed E-state index contributed by atoms with van der Waals surface area (Å²) in [6.07, 6.45) is 1.61. The maximum absolute atomic E-state index is 13.3. The van der Waals surface area contributed by atoms with E-state index in [1.54, 1.807) is 36.3 Å². The number of ether oxygens (including phenoxy) is 3. The van der Waals surface area contributed by atoms with Gasteiger partial charge in [-0.15, -0.1) is 0 Å². The fourth-order valence-corrected chi connectivity index (χ4v) is 4.61. The predicted octanol–water partition coefficient (Wildman–Crippen LogP) is 4.99. The van der Waals surface area contributed by atoms with Gasteiger partial charge in [-0.3, -0.25) is 9.59 Å². The number of aliphatic hydroxyl groups is 1. The van der Waals surface area contributed by atoms with E-state index in [1.807, 2.05) is 39.8 Å². The van der Waals surface area contributed by atoms with Crippen LogP contribution < -0.4 is 14.2 Å². The second-order valence-corrected chi connectivity index (χ2v) is 9.91. The average Bonchev–Trinajstić information content (AvgIpc) is 3.10. The van der Waals surface area contributed by atoms with Crippen molar-refractivity contribution >= 4 is 17.4 Å². The van der Waals surface area contributed by atoms with Gasteiger partial charge in [0, 0.05) is 17.7 Å². The molecule has 0 aliphatic carbocycles. The van der Waals surface area contributed by atoms with Crippen molar-refractivity contribution in [3.05, 3.63) is 58.7 Å². The van der Waals surface area contributed by atoms with Crippen molar-refractivity contribution in [2.24, 2.45) is 0 Å². The highest BCUT2D eigenvalue weighted by Crippen LogP contribution is 2.43. The van der Waals surface area contributed by atoms with E-state index in [0.717, 1.165) is 18.4 Å². The van der Waals surface area contributed by atoms with E-state index < -0.39 is 17.7 Å². The van der Waals surface area contributed by atoms with E-state index in [1.165, 1.54) is 0 Å². The van der Waals surface area contributed by atoms with Crippen LogP contribution in [0.1, 0.15) is 63.3 Å². The third-order valence-corrected chi connectivity index (χ3v) is 6.46. The Kier molecular flexibility index (Phi) is 6.79. The standard InChI is InChI=1S/C28H33NO6/c1-6-7-12-29-24(17-8-11-21-22(16-17)35-14-13-34-21)23(26(31)27(29)32)25(30)18-9-10-20(33-5)19(15-18)28(2,3)4/h8-11,15-16,24,30H,6-7,12-14H2,1-5H3/b25-23+. The van der Waals surface area contributed by atoms with E-state index in [-0.39, 0.29) is 16.7 Å². The van der Waals surface area contributed by atoms with Gasteiger partial charge >= 0.3 is 0 Å². The SMILES string of the molecule is CCCCN1C(=O)C(=O)/C(=C(/O)c2ccc(OC)c(C(C)(C)C)c2)C1c1ccc2c(c1)OCCO2. The fourth-order valence-electron chi connectivity index (χ4n) is 4.61. The minimum atomic E-state index is -0.724. The van der Waals surface area contributed by atoms with E-state index in [9.17, 15) is 14.7 Å². The van der Waals surface area contributed by atoms with Gasteiger partial charge in [-0.05, 0) is 47.7 Å². The van der Waals surface area contributed by atoms with E-state index in [0.29, 0.717) is 48.1 Å². The predicted molar refractivity (Wildman–Crippen MR) is 133 cm³/mol.